The molecule has 0 amide bonds. The highest BCUT2D eigenvalue weighted by Crippen LogP contribution is 2.15. The van der Waals surface area contributed by atoms with Gasteiger partial charge in [-0.2, -0.15) is 0 Å². The lowest BCUT2D eigenvalue weighted by molar-refractivity contribution is 0.501. The Bertz CT molecular complexity index is 779. The van der Waals surface area contributed by atoms with Crippen molar-refractivity contribution in [2.45, 2.75) is 20.0 Å². The van der Waals surface area contributed by atoms with Crippen molar-refractivity contribution in [3.63, 3.8) is 0 Å². The number of aromatic nitrogens is 2. The summed E-state index contributed by atoms with van der Waals surface area (Å²) in [5, 5.41) is 6.42. The fourth-order valence-corrected chi connectivity index (χ4v) is 2.28. The predicted molar refractivity (Wildman–Crippen MR) is 102 cm³/mol. The van der Waals surface area contributed by atoms with Gasteiger partial charge >= 0.3 is 0 Å². The first-order valence-electron chi connectivity index (χ1n) is 7.17. The van der Waals surface area contributed by atoms with E-state index in [0.717, 1.165) is 22.6 Å². The molecule has 1 aromatic carbocycles. The lowest BCUT2D eigenvalue weighted by Gasteiger charge is -2.09. The number of rotatable bonds is 4. The van der Waals surface area contributed by atoms with Crippen molar-refractivity contribution in [3.8, 4) is 0 Å². The summed E-state index contributed by atoms with van der Waals surface area (Å²) in [6, 6.07) is 9.90. The highest BCUT2D eigenvalue weighted by atomic mass is 127. The quantitative estimate of drug-likeness (QED) is 0.341. The number of hydrogen-bond acceptors (Lipinski definition) is 3. The lowest BCUT2D eigenvalue weighted by atomic mass is 10.2. The van der Waals surface area contributed by atoms with Gasteiger partial charge in [0.1, 0.15) is 11.6 Å². The Hall–Kier alpha value is -2.03. The minimum Gasteiger partial charge on any atom is -0.467 e. The number of para-hydroxylation sites is 1. The summed E-state index contributed by atoms with van der Waals surface area (Å²) in [5.41, 5.74) is 3.23. The first kappa shape index (κ1) is 17.3. The normalized spacial score (nSPS) is 11.3. The number of imidazole rings is 1. The molecule has 0 bridgehead atoms. The molecule has 23 heavy (non-hydrogen) atoms. The van der Waals surface area contributed by atoms with Crippen LogP contribution >= 0.6 is 24.0 Å². The second-order valence-electron chi connectivity index (χ2n) is 5.01. The summed E-state index contributed by atoms with van der Waals surface area (Å²) in [5.74, 6) is 2.45. The largest absolute Gasteiger partial charge is 0.467 e. The molecule has 0 aliphatic heterocycles. The zero-order chi connectivity index (χ0) is 15.4. The number of nitrogens with one attached hydrogen (secondary N) is 3. The second-order valence-corrected chi connectivity index (χ2v) is 5.01. The van der Waals surface area contributed by atoms with E-state index < -0.39 is 0 Å². The minimum atomic E-state index is 0. The molecular formula is C16H20IN5O. The maximum Gasteiger partial charge on any atom is 0.191 e. The summed E-state index contributed by atoms with van der Waals surface area (Å²) in [6.45, 7) is 3.22. The number of guanidine groups is 1. The number of H-pyrrole nitrogens is 1. The molecule has 6 nitrogen and oxygen atoms in total. The van der Waals surface area contributed by atoms with E-state index in [1.165, 1.54) is 5.56 Å². The van der Waals surface area contributed by atoms with Crippen LogP contribution in [0.1, 0.15) is 17.1 Å². The number of aryl methyl sites for hydroxylation is 1. The maximum absolute atomic E-state index is 5.28. The SMILES string of the molecule is CN=C(NCc1nc2c(C)cccc2[nH]1)NCc1ccco1.I. The molecule has 3 rings (SSSR count). The second kappa shape index (κ2) is 8.00. The molecule has 0 spiro atoms. The smallest absolute Gasteiger partial charge is 0.191 e. The Morgan fingerprint density at radius 3 is 2.74 bits per heavy atom. The average molecular weight is 425 g/mol. The number of aliphatic imine (C=N–C) groups is 1. The van der Waals surface area contributed by atoms with Gasteiger partial charge < -0.3 is 20.0 Å². The van der Waals surface area contributed by atoms with Gasteiger partial charge in [0.05, 0.1) is 30.4 Å². The fourth-order valence-electron chi connectivity index (χ4n) is 2.28. The Balaban J connectivity index is 0.00000192. The molecule has 0 saturated heterocycles. The molecule has 0 unspecified atom stereocenters. The average Bonchev–Trinajstić information content (AvgIpc) is 3.17. The van der Waals surface area contributed by atoms with Crippen molar-refractivity contribution in [2.24, 2.45) is 4.99 Å². The molecule has 0 aliphatic carbocycles. The van der Waals surface area contributed by atoms with Gasteiger partial charge in [0.15, 0.2) is 5.96 Å². The Morgan fingerprint density at radius 2 is 2.04 bits per heavy atom. The van der Waals surface area contributed by atoms with Gasteiger partial charge in [0.2, 0.25) is 0 Å². The summed E-state index contributed by atoms with van der Waals surface area (Å²) in [7, 11) is 1.74. The maximum atomic E-state index is 5.28. The van der Waals surface area contributed by atoms with Crippen LogP contribution in [-0.2, 0) is 13.1 Å². The monoisotopic (exact) mass is 425 g/mol. The van der Waals surface area contributed by atoms with E-state index in [4.69, 9.17) is 4.42 Å². The molecule has 122 valence electrons. The Kier molecular flexibility index (Phi) is 6.03. The number of nitrogens with zero attached hydrogens (tertiary/aromatic N) is 2. The van der Waals surface area contributed by atoms with Crippen LogP contribution in [0.4, 0.5) is 0 Å². The number of hydrogen-bond donors (Lipinski definition) is 3. The molecule has 3 aromatic rings. The molecule has 2 heterocycles. The van der Waals surface area contributed by atoms with Crippen molar-refractivity contribution >= 4 is 41.0 Å². The molecule has 0 aliphatic rings. The van der Waals surface area contributed by atoms with Crippen LogP contribution in [0.2, 0.25) is 0 Å². The third-order valence-corrected chi connectivity index (χ3v) is 3.42. The standard InChI is InChI=1S/C16H19N5O.HI/c1-11-5-3-7-13-15(11)21-14(20-13)10-19-16(17-2)18-9-12-6-4-8-22-12;/h3-8H,9-10H2,1-2H3,(H,20,21)(H2,17,18,19);1H. The van der Waals surface area contributed by atoms with Gasteiger partial charge in [0, 0.05) is 7.05 Å². The van der Waals surface area contributed by atoms with E-state index in [9.17, 15) is 0 Å². The van der Waals surface area contributed by atoms with Crippen LogP contribution in [0.15, 0.2) is 46.0 Å². The number of fused-ring (bicyclic) bond motifs is 1. The molecule has 0 fully saturated rings. The van der Waals surface area contributed by atoms with E-state index in [2.05, 4.69) is 38.6 Å². The molecule has 0 radical (unpaired) electrons. The van der Waals surface area contributed by atoms with E-state index in [-0.39, 0.29) is 24.0 Å². The van der Waals surface area contributed by atoms with Crippen LogP contribution < -0.4 is 10.6 Å². The zero-order valence-electron chi connectivity index (χ0n) is 13.1. The van der Waals surface area contributed by atoms with Crippen LogP contribution in [0.3, 0.4) is 0 Å². The minimum absolute atomic E-state index is 0. The molecule has 3 N–H and O–H groups in total. The highest BCUT2D eigenvalue weighted by molar-refractivity contribution is 14.0. The van der Waals surface area contributed by atoms with E-state index in [1.54, 1.807) is 13.3 Å². The number of benzene rings is 1. The molecular weight excluding hydrogens is 405 g/mol. The lowest BCUT2D eigenvalue weighted by Crippen LogP contribution is -2.36. The summed E-state index contributed by atoms with van der Waals surface area (Å²) in [6.07, 6.45) is 1.66. The van der Waals surface area contributed by atoms with Gasteiger partial charge in [-0.1, -0.05) is 12.1 Å². The van der Waals surface area contributed by atoms with Crippen molar-refractivity contribution in [2.75, 3.05) is 7.05 Å². The third-order valence-electron chi connectivity index (χ3n) is 3.42. The van der Waals surface area contributed by atoms with Crippen molar-refractivity contribution < 1.29 is 4.42 Å². The summed E-state index contributed by atoms with van der Waals surface area (Å²) >= 11 is 0. The summed E-state index contributed by atoms with van der Waals surface area (Å²) < 4.78 is 5.28. The van der Waals surface area contributed by atoms with E-state index in [1.807, 2.05) is 24.3 Å². The predicted octanol–water partition coefficient (Wildman–Crippen LogP) is 2.95. The molecule has 0 saturated carbocycles. The Morgan fingerprint density at radius 1 is 1.22 bits per heavy atom. The number of halogens is 1. The highest BCUT2D eigenvalue weighted by Gasteiger charge is 2.06. The number of aromatic amines is 1. The van der Waals surface area contributed by atoms with Crippen molar-refractivity contribution in [3.05, 3.63) is 53.7 Å². The molecule has 0 atom stereocenters. The fraction of sp³-hybridized carbons (Fsp3) is 0.250. The van der Waals surface area contributed by atoms with E-state index in [0.29, 0.717) is 19.0 Å². The number of furan rings is 1. The van der Waals surface area contributed by atoms with Crippen LogP contribution in [0.5, 0.6) is 0 Å². The first-order chi connectivity index (χ1) is 10.8. The molecule has 7 heteroatoms. The van der Waals surface area contributed by atoms with Crippen LogP contribution in [-0.4, -0.2) is 23.0 Å². The zero-order valence-corrected chi connectivity index (χ0v) is 15.4. The van der Waals surface area contributed by atoms with Crippen molar-refractivity contribution in [1.29, 1.82) is 0 Å². The van der Waals surface area contributed by atoms with Gasteiger partial charge in [-0.3, -0.25) is 4.99 Å². The Labute approximate surface area is 151 Å². The van der Waals surface area contributed by atoms with Gasteiger partial charge in [-0.25, -0.2) is 4.98 Å². The summed E-state index contributed by atoms with van der Waals surface area (Å²) in [4.78, 5) is 12.1. The third kappa shape index (κ3) is 4.25. The van der Waals surface area contributed by atoms with Gasteiger partial charge in [0.25, 0.3) is 0 Å². The topological polar surface area (TPSA) is 78.2 Å². The first-order valence-corrected chi connectivity index (χ1v) is 7.17. The van der Waals surface area contributed by atoms with Crippen molar-refractivity contribution in [1.82, 2.24) is 20.6 Å². The van der Waals surface area contributed by atoms with Crippen LogP contribution in [0.25, 0.3) is 11.0 Å². The van der Waals surface area contributed by atoms with Gasteiger partial charge in [-0.05, 0) is 30.7 Å². The van der Waals surface area contributed by atoms with Gasteiger partial charge in [-0.15, -0.1) is 24.0 Å². The molecule has 2 aromatic heterocycles. The van der Waals surface area contributed by atoms with Crippen LogP contribution in [0, 0.1) is 6.92 Å². The van der Waals surface area contributed by atoms with E-state index >= 15 is 0 Å².